The number of fused-ring (bicyclic) bond motifs is 5. The predicted octanol–water partition coefficient (Wildman–Crippen LogP) is 3.86. The van der Waals surface area contributed by atoms with Gasteiger partial charge in [-0.1, -0.05) is 13.8 Å². The SMILES string of the molecule is C[C@]12CC[C@H](NC(=O)N3CCNCC3)C[C@H]1CC[C@@H]1[C@@H]2CC[C@]2(C)[C@@H](c3ccc(=O)oc3)CC[C@]12O. The van der Waals surface area contributed by atoms with E-state index in [0.717, 1.165) is 89.5 Å². The maximum Gasteiger partial charge on any atom is 0.335 e. The van der Waals surface area contributed by atoms with Crippen molar-refractivity contribution in [3.05, 3.63) is 34.4 Å². The number of amides is 2. The molecule has 198 valence electrons. The van der Waals surface area contributed by atoms with E-state index in [1.807, 2.05) is 11.0 Å². The highest BCUT2D eigenvalue weighted by Crippen LogP contribution is 2.70. The topological polar surface area (TPSA) is 94.8 Å². The minimum Gasteiger partial charge on any atom is -0.431 e. The van der Waals surface area contributed by atoms with Gasteiger partial charge in [-0.05, 0) is 98.5 Å². The minimum absolute atomic E-state index is 0.107. The first-order valence-electron chi connectivity index (χ1n) is 14.3. The molecule has 0 spiro atoms. The summed E-state index contributed by atoms with van der Waals surface area (Å²) < 4.78 is 5.22. The lowest BCUT2D eigenvalue weighted by molar-refractivity contribution is -0.201. The summed E-state index contributed by atoms with van der Waals surface area (Å²) in [5.74, 6) is 1.69. The van der Waals surface area contributed by atoms with Gasteiger partial charge in [0, 0.05) is 43.7 Å². The van der Waals surface area contributed by atoms with Crippen molar-refractivity contribution in [1.82, 2.24) is 15.5 Å². The highest BCUT2D eigenvalue weighted by atomic mass is 16.4. The van der Waals surface area contributed by atoms with Crippen molar-refractivity contribution in [3.8, 4) is 0 Å². The molecule has 5 aliphatic rings. The Morgan fingerprint density at radius 1 is 1.06 bits per heavy atom. The fourth-order valence-corrected chi connectivity index (χ4v) is 9.59. The number of rotatable bonds is 2. The van der Waals surface area contributed by atoms with Crippen LogP contribution in [0.15, 0.2) is 27.6 Å². The number of hydrogen-bond acceptors (Lipinski definition) is 5. The number of nitrogens with one attached hydrogen (secondary N) is 2. The van der Waals surface area contributed by atoms with Crippen LogP contribution in [0.3, 0.4) is 0 Å². The fraction of sp³-hybridized carbons (Fsp3) is 0.793. The zero-order chi connectivity index (χ0) is 25.1. The highest BCUT2D eigenvalue weighted by Gasteiger charge is 2.67. The Labute approximate surface area is 214 Å². The summed E-state index contributed by atoms with van der Waals surface area (Å²) in [6.45, 7) is 8.12. The van der Waals surface area contributed by atoms with Crippen LogP contribution in [-0.2, 0) is 0 Å². The van der Waals surface area contributed by atoms with E-state index in [1.165, 1.54) is 6.07 Å². The molecule has 3 N–H and O–H groups in total. The minimum atomic E-state index is -0.669. The largest absolute Gasteiger partial charge is 0.431 e. The summed E-state index contributed by atoms with van der Waals surface area (Å²) in [5, 5.41) is 19.1. The zero-order valence-corrected chi connectivity index (χ0v) is 21.9. The summed E-state index contributed by atoms with van der Waals surface area (Å²) in [4.78, 5) is 26.3. The van der Waals surface area contributed by atoms with Gasteiger partial charge in [0.25, 0.3) is 0 Å². The van der Waals surface area contributed by atoms with Crippen molar-refractivity contribution < 1.29 is 14.3 Å². The number of carbonyl (C=O) groups excluding carboxylic acids is 1. The van der Waals surface area contributed by atoms with E-state index < -0.39 is 5.60 Å². The van der Waals surface area contributed by atoms with E-state index in [0.29, 0.717) is 17.8 Å². The van der Waals surface area contributed by atoms with Crippen LogP contribution >= 0.6 is 0 Å². The van der Waals surface area contributed by atoms with Crippen LogP contribution < -0.4 is 16.3 Å². The van der Waals surface area contributed by atoms with Gasteiger partial charge in [-0.3, -0.25) is 0 Å². The molecule has 2 amide bonds. The lowest BCUT2D eigenvalue weighted by Crippen LogP contribution is -2.62. The Morgan fingerprint density at radius 3 is 2.61 bits per heavy atom. The maximum absolute atomic E-state index is 12.8. The van der Waals surface area contributed by atoms with Gasteiger partial charge in [-0.2, -0.15) is 0 Å². The molecular weight excluding hydrogens is 454 g/mol. The van der Waals surface area contributed by atoms with Crippen LogP contribution in [0.2, 0.25) is 0 Å². The Hall–Kier alpha value is -1.86. The first-order chi connectivity index (χ1) is 17.2. The Morgan fingerprint density at radius 2 is 1.86 bits per heavy atom. The Balaban J connectivity index is 1.17. The first-order valence-corrected chi connectivity index (χ1v) is 14.3. The van der Waals surface area contributed by atoms with Crippen LogP contribution in [-0.4, -0.2) is 53.9 Å². The monoisotopic (exact) mass is 497 g/mol. The number of urea groups is 1. The van der Waals surface area contributed by atoms with E-state index in [1.54, 1.807) is 6.26 Å². The normalized spacial score (nSPS) is 44.3. The third-order valence-electron chi connectivity index (χ3n) is 11.7. The number of hydrogen-bond donors (Lipinski definition) is 3. The van der Waals surface area contributed by atoms with Crippen LogP contribution in [0, 0.1) is 28.6 Å². The van der Waals surface area contributed by atoms with Gasteiger partial charge in [0.05, 0.1) is 11.9 Å². The molecule has 1 saturated heterocycles. The lowest BCUT2D eigenvalue weighted by atomic mass is 9.43. The second-order valence-electron chi connectivity index (χ2n) is 13.0. The average Bonchev–Trinajstić information content (AvgIpc) is 3.16. The number of carbonyl (C=O) groups is 1. The molecule has 0 aromatic carbocycles. The van der Waals surface area contributed by atoms with Crippen molar-refractivity contribution in [2.75, 3.05) is 26.2 Å². The first kappa shape index (κ1) is 24.5. The van der Waals surface area contributed by atoms with E-state index in [9.17, 15) is 14.7 Å². The van der Waals surface area contributed by atoms with Gasteiger partial charge in [-0.15, -0.1) is 0 Å². The van der Waals surface area contributed by atoms with E-state index >= 15 is 0 Å². The van der Waals surface area contributed by atoms with Crippen molar-refractivity contribution >= 4 is 6.03 Å². The Kier molecular flexibility index (Phi) is 6.03. The van der Waals surface area contributed by atoms with Crippen LogP contribution in [0.1, 0.15) is 83.1 Å². The molecule has 2 heterocycles. The van der Waals surface area contributed by atoms with E-state index in [-0.39, 0.29) is 34.4 Å². The summed E-state index contributed by atoms with van der Waals surface area (Å²) in [6.07, 6.45) is 11.0. The van der Waals surface area contributed by atoms with Crippen molar-refractivity contribution in [3.63, 3.8) is 0 Å². The third kappa shape index (κ3) is 3.67. The number of aliphatic hydroxyl groups is 1. The van der Waals surface area contributed by atoms with Crippen LogP contribution in [0.4, 0.5) is 4.79 Å². The molecular formula is C29H43N3O4. The maximum atomic E-state index is 12.8. The van der Waals surface area contributed by atoms with Gasteiger partial charge >= 0.3 is 11.7 Å². The number of nitrogens with zero attached hydrogens (tertiary/aromatic N) is 1. The molecule has 1 aromatic heterocycles. The Bertz CT molecular complexity index is 1030. The van der Waals surface area contributed by atoms with Crippen molar-refractivity contribution in [2.45, 2.75) is 89.2 Å². The fourth-order valence-electron chi connectivity index (χ4n) is 9.59. The molecule has 8 atom stereocenters. The molecule has 1 aromatic rings. The van der Waals surface area contributed by atoms with E-state index in [2.05, 4.69) is 24.5 Å². The summed E-state index contributed by atoms with van der Waals surface area (Å²) in [5.41, 5.74) is 0.122. The van der Waals surface area contributed by atoms with Crippen LogP contribution in [0.5, 0.6) is 0 Å². The summed E-state index contributed by atoms with van der Waals surface area (Å²) in [6, 6.07) is 3.80. The number of piperazine rings is 1. The van der Waals surface area contributed by atoms with E-state index in [4.69, 9.17) is 4.42 Å². The molecule has 7 nitrogen and oxygen atoms in total. The molecule has 4 saturated carbocycles. The molecule has 36 heavy (non-hydrogen) atoms. The summed E-state index contributed by atoms with van der Waals surface area (Å²) in [7, 11) is 0. The standard InChI is InChI=1S/C29H43N3O4/c1-27-10-7-21(31-26(34)32-15-13-30-14-16-32)17-20(27)4-5-24-23(27)8-11-28(2)22(9-12-29(24,28)35)19-3-6-25(33)36-18-19/h3,6,18,20-24,30,35H,4-5,7-17H2,1-2H3,(H,31,34)/t20-,21+,22-,23+,24-,27+,28-,29+/m1/s1. The van der Waals surface area contributed by atoms with Gasteiger partial charge < -0.3 is 25.1 Å². The highest BCUT2D eigenvalue weighted by molar-refractivity contribution is 5.74. The third-order valence-corrected chi connectivity index (χ3v) is 11.7. The predicted molar refractivity (Wildman–Crippen MR) is 138 cm³/mol. The smallest absolute Gasteiger partial charge is 0.335 e. The second kappa shape index (κ2) is 8.87. The molecule has 5 fully saturated rings. The summed E-state index contributed by atoms with van der Waals surface area (Å²) >= 11 is 0. The van der Waals surface area contributed by atoms with Gasteiger partial charge in [0.15, 0.2) is 0 Å². The molecule has 7 heteroatoms. The second-order valence-corrected chi connectivity index (χ2v) is 13.0. The molecule has 4 aliphatic carbocycles. The lowest BCUT2D eigenvalue weighted by Gasteiger charge is -2.63. The van der Waals surface area contributed by atoms with Crippen LogP contribution in [0.25, 0.3) is 0 Å². The molecule has 6 rings (SSSR count). The quantitative estimate of drug-likeness (QED) is 0.577. The van der Waals surface area contributed by atoms with Crippen molar-refractivity contribution in [2.24, 2.45) is 28.6 Å². The average molecular weight is 498 g/mol. The molecule has 1 aliphatic heterocycles. The van der Waals surface area contributed by atoms with Gasteiger partial charge in [-0.25, -0.2) is 9.59 Å². The molecule has 0 unspecified atom stereocenters. The molecule has 0 radical (unpaired) electrons. The van der Waals surface area contributed by atoms with Gasteiger partial charge in [0.2, 0.25) is 0 Å². The molecule has 0 bridgehead atoms. The van der Waals surface area contributed by atoms with Gasteiger partial charge in [0.1, 0.15) is 0 Å². The van der Waals surface area contributed by atoms with Crippen molar-refractivity contribution in [1.29, 1.82) is 0 Å². The zero-order valence-electron chi connectivity index (χ0n) is 21.9.